The SMILES string of the molecule is Nc1nc(NCc2cc(Br)ccc2F)ccc1[N+](=O)[O-]. The van der Waals surface area contributed by atoms with Crippen molar-refractivity contribution in [3.8, 4) is 0 Å². The number of halogens is 2. The molecule has 0 spiro atoms. The van der Waals surface area contributed by atoms with Gasteiger partial charge in [0, 0.05) is 22.6 Å². The van der Waals surface area contributed by atoms with Crippen molar-refractivity contribution in [3.63, 3.8) is 0 Å². The van der Waals surface area contributed by atoms with Crippen LogP contribution < -0.4 is 11.1 Å². The van der Waals surface area contributed by atoms with Crippen LogP contribution in [0, 0.1) is 15.9 Å². The second kappa shape index (κ2) is 5.83. The summed E-state index contributed by atoms with van der Waals surface area (Å²) >= 11 is 3.25. The quantitative estimate of drug-likeness (QED) is 0.658. The third kappa shape index (κ3) is 3.21. The van der Waals surface area contributed by atoms with E-state index in [-0.39, 0.29) is 23.9 Å². The first-order chi connectivity index (χ1) is 9.47. The molecule has 0 atom stereocenters. The van der Waals surface area contributed by atoms with E-state index < -0.39 is 4.92 Å². The number of rotatable bonds is 4. The number of hydrogen-bond donors (Lipinski definition) is 2. The van der Waals surface area contributed by atoms with Gasteiger partial charge in [-0.15, -0.1) is 0 Å². The largest absolute Gasteiger partial charge is 0.378 e. The number of nitro groups is 1. The second-order valence-corrected chi connectivity index (χ2v) is 4.86. The van der Waals surface area contributed by atoms with Crippen LogP contribution in [0.1, 0.15) is 5.56 Å². The summed E-state index contributed by atoms with van der Waals surface area (Å²) in [4.78, 5) is 13.8. The standard InChI is InChI=1S/C12H10BrFN4O2/c13-8-1-2-9(14)7(5-8)6-16-11-4-3-10(18(19)20)12(15)17-11/h1-5H,6H2,(H3,15,16,17). The van der Waals surface area contributed by atoms with E-state index in [2.05, 4.69) is 26.2 Å². The number of nitrogens with one attached hydrogen (secondary N) is 1. The highest BCUT2D eigenvalue weighted by molar-refractivity contribution is 9.10. The van der Waals surface area contributed by atoms with Gasteiger partial charge in [0.1, 0.15) is 11.6 Å². The highest BCUT2D eigenvalue weighted by Gasteiger charge is 2.12. The molecule has 3 N–H and O–H groups in total. The van der Waals surface area contributed by atoms with E-state index in [0.29, 0.717) is 11.4 Å². The number of anilines is 2. The molecule has 20 heavy (non-hydrogen) atoms. The Kier molecular flexibility index (Phi) is 4.14. The van der Waals surface area contributed by atoms with Crippen LogP contribution in [-0.2, 0) is 6.54 Å². The molecule has 8 heteroatoms. The molecule has 1 aromatic carbocycles. The van der Waals surface area contributed by atoms with Crippen molar-refractivity contribution in [2.75, 3.05) is 11.1 Å². The van der Waals surface area contributed by atoms with Crippen molar-refractivity contribution in [2.45, 2.75) is 6.54 Å². The molecule has 0 fully saturated rings. The van der Waals surface area contributed by atoms with E-state index in [4.69, 9.17) is 5.73 Å². The molecule has 2 rings (SSSR count). The fraction of sp³-hybridized carbons (Fsp3) is 0.0833. The van der Waals surface area contributed by atoms with Gasteiger partial charge in [-0.2, -0.15) is 0 Å². The smallest absolute Gasteiger partial charge is 0.311 e. The van der Waals surface area contributed by atoms with Gasteiger partial charge in [-0.1, -0.05) is 15.9 Å². The third-order valence-corrected chi connectivity index (χ3v) is 3.06. The van der Waals surface area contributed by atoms with Gasteiger partial charge in [-0.25, -0.2) is 9.37 Å². The molecular formula is C12H10BrFN4O2. The average Bonchev–Trinajstić information content (AvgIpc) is 2.39. The zero-order valence-electron chi connectivity index (χ0n) is 10.1. The summed E-state index contributed by atoms with van der Waals surface area (Å²) in [6.07, 6.45) is 0. The van der Waals surface area contributed by atoms with Crippen molar-refractivity contribution < 1.29 is 9.31 Å². The summed E-state index contributed by atoms with van der Waals surface area (Å²) in [6, 6.07) is 7.25. The van der Waals surface area contributed by atoms with Crippen LogP contribution in [0.4, 0.5) is 21.7 Å². The van der Waals surface area contributed by atoms with E-state index in [9.17, 15) is 14.5 Å². The van der Waals surface area contributed by atoms with E-state index in [0.717, 1.165) is 4.47 Å². The molecule has 0 aliphatic heterocycles. The summed E-state index contributed by atoms with van der Waals surface area (Å²) in [6.45, 7) is 0.190. The Hall–Kier alpha value is -2.22. The van der Waals surface area contributed by atoms with Gasteiger partial charge >= 0.3 is 5.69 Å². The lowest BCUT2D eigenvalue weighted by Gasteiger charge is -2.08. The van der Waals surface area contributed by atoms with Crippen molar-refractivity contribution in [1.82, 2.24) is 4.98 Å². The Bertz CT molecular complexity index is 666. The van der Waals surface area contributed by atoms with Gasteiger partial charge < -0.3 is 11.1 Å². The topological polar surface area (TPSA) is 94.1 Å². The molecule has 0 saturated heterocycles. The summed E-state index contributed by atoms with van der Waals surface area (Å²) in [7, 11) is 0. The zero-order chi connectivity index (χ0) is 14.7. The van der Waals surface area contributed by atoms with E-state index in [1.807, 2.05) is 0 Å². The molecule has 1 heterocycles. The van der Waals surface area contributed by atoms with E-state index >= 15 is 0 Å². The number of nitrogens with zero attached hydrogens (tertiary/aromatic N) is 2. The minimum absolute atomic E-state index is 0.185. The van der Waals surface area contributed by atoms with Gasteiger partial charge in [0.05, 0.1) is 4.92 Å². The van der Waals surface area contributed by atoms with Crippen LogP contribution >= 0.6 is 15.9 Å². The van der Waals surface area contributed by atoms with Crippen LogP contribution in [0.5, 0.6) is 0 Å². The molecule has 0 amide bonds. The number of pyridine rings is 1. The summed E-state index contributed by atoms with van der Waals surface area (Å²) in [5.74, 6) is -0.197. The maximum Gasteiger partial charge on any atom is 0.311 e. The monoisotopic (exact) mass is 340 g/mol. The zero-order valence-corrected chi connectivity index (χ0v) is 11.7. The number of nitrogen functional groups attached to an aromatic ring is 1. The molecule has 0 saturated carbocycles. The molecule has 0 radical (unpaired) electrons. The van der Waals surface area contributed by atoms with Crippen molar-refractivity contribution in [3.05, 3.63) is 56.3 Å². The van der Waals surface area contributed by atoms with Gasteiger partial charge in [-0.3, -0.25) is 10.1 Å². The van der Waals surface area contributed by atoms with Crippen LogP contribution in [-0.4, -0.2) is 9.91 Å². The van der Waals surface area contributed by atoms with E-state index in [1.165, 1.54) is 18.2 Å². The minimum atomic E-state index is -0.611. The van der Waals surface area contributed by atoms with Gasteiger partial charge in [0.25, 0.3) is 0 Å². The molecule has 1 aromatic heterocycles. The molecule has 2 aromatic rings. The molecule has 0 aliphatic rings. The molecule has 6 nitrogen and oxygen atoms in total. The van der Waals surface area contributed by atoms with Crippen molar-refractivity contribution in [2.24, 2.45) is 0 Å². The Morgan fingerprint density at radius 1 is 1.40 bits per heavy atom. The first-order valence-corrected chi connectivity index (χ1v) is 6.35. The van der Waals surface area contributed by atoms with Crippen LogP contribution in [0.3, 0.4) is 0 Å². The lowest BCUT2D eigenvalue weighted by atomic mass is 10.2. The fourth-order valence-corrected chi connectivity index (χ4v) is 1.99. The molecule has 0 aliphatic carbocycles. The normalized spacial score (nSPS) is 10.3. The Balaban J connectivity index is 2.13. The lowest BCUT2D eigenvalue weighted by Crippen LogP contribution is -2.06. The molecule has 0 unspecified atom stereocenters. The van der Waals surface area contributed by atoms with Crippen molar-refractivity contribution >= 4 is 33.3 Å². The van der Waals surface area contributed by atoms with Gasteiger partial charge in [0.15, 0.2) is 0 Å². The number of benzene rings is 1. The van der Waals surface area contributed by atoms with Gasteiger partial charge in [-0.05, 0) is 24.3 Å². The number of aromatic nitrogens is 1. The van der Waals surface area contributed by atoms with Crippen LogP contribution in [0.15, 0.2) is 34.8 Å². The highest BCUT2D eigenvalue weighted by atomic mass is 79.9. The lowest BCUT2D eigenvalue weighted by molar-refractivity contribution is -0.384. The fourth-order valence-electron chi connectivity index (χ4n) is 1.58. The number of hydrogen-bond acceptors (Lipinski definition) is 5. The van der Waals surface area contributed by atoms with E-state index in [1.54, 1.807) is 12.1 Å². The highest BCUT2D eigenvalue weighted by Crippen LogP contribution is 2.22. The first kappa shape index (κ1) is 14.2. The predicted octanol–water partition coefficient (Wildman–Crippen LogP) is 3.09. The van der Waals surface area contributed by atoms with Crippen LogP contribution in [0.2, 0.25) is 0 Å². The Morgan fingerprint density at radius 2 is 2.15 bits per heavy atom. The summed E-state index contributed by atoms with van der Waals surface area (Å²) in [5.41, 5.74) is 5.65. The average molecular weight is 341 g/mol. The maximum atomic E-state index is 13.5. The Labute approximate surface area is 122 Å². The Morgan fingerprint density at radius 3 is 2.80 bits per heavy atom. The molecular weight excluding hydrogens is 331 g/mol. The summed E-state index contributed by atoms with van der Waals surface area (Å²) in [5, 5.41) is 13.5. The summed E-state index contributed by atoms with van der Waals surface area (Å²) < 4.78 is 14.3. The predicted molar refractivity (Wildman–Crippen MR) is 76.7 cm³/mol. The number of nitrogens with two attached hydrogens (primary N) is 1. The minimum Gasteiger partial charge on any atom is -0.378 e. The molecule has 0 bridgehead atoms. The second-order valence-electron chi connectivity index (χ2n) is 3.95. The van der Waals surface area contributed by atoms with Gasteiger partial charge in [0.2, 0.25) is 5.82 Å². The van der Waals surface area contributed by atoms with Crippen molar-refractivity contribution in [1.29, 1.82) is 0 Å². The third-order valence-electron chi connectivity index (χ3n) is 2.57. The van der Waals surface area contributed by atoms with Crippen LogP contribution in [0.25, 0.3) is 0 Å². The molecule has 104 valence electrons. The first-order valence-electron chi connectivity index (χ1n) is 5.56. The maximum absolute atomic E-state index is 13.5.